The molecule has 3 heteroatoms. The Morgan fingerprint density at radius 2 is 1.81 bits per heavy atom. The van der Waals surface area contributed by atoms with Crippen LogP contribution in [0, 0.1) is 5.92 Å². The van der Waals surface area contributed by atoms with Crippen LogP contribution in [0.4, 0.5) is 0 Å². The second kappa shape index (κ2) is 8.57. The van der Waals surface area contributed by atoms with E-state index in [-0.39, 0.29) is 0 Å². The van der Waals surface area contributed by atoms with Gasteiger partial charge in [-0.2, -0.15) is 0 Å². The molecule has 0 N–H and O–H groups in total. The van der Waals surface area contributed by atoms with Crippen molar-refractivity contribution in [2.75, 3.05) is 26.7 Å². The molecule has 0 bridgehead atoms. The third kappa shape index (κ3) is 5.50. The second-order valence-corrected chi connectivity index (χ2v) is 4.62. The van der Waals surface area contributed by atoms with E-state index < -0.39 is 0 Å². The van der Waals surface area contributed by atoms with Crippen molar-refractivity contribution in [1.29, 1.82) is 0 Å². The minimum absolute atomic E-state index is 0.666. The van der Waals surface area contributed by atoms with Gasteiger partial charge in [-0.25, -0.2) is 0 Å². The lowest BCUT2D eigenvalue weighted by Gasteiger charge is -2.35. The topological polar surface area (TPSA) is 23.6 Å². The summed E-state index contributed by atoms with van der Waals surface area (Å²) in [5, 5.41) is 0. The monoisotopic (exact) mass is 228 g/mol. The molecule has 0 aromatic carbocycles. The van der Waals surface area contributed by atoms with Gasteiger partial charge in [0, 0.05) is 19.6 Å². The molecule has 0 aromatic rings. The molecule has 1 rings (SSSR count). The zero-order valence-corrected chi connectivity index (χ0v) is 11.6. The lowest BCUT2D eigenvalue weighted by atomic mass is 9.96. The number of amides is 1. The van der Waals surface area contributed by atoms with Gasteiger partial charge in [0.15, 0.2) is 0 Å². The smallest absolute Gasteiger partial charge is 0.209 e. The van der Waals surface area contributed by atoms with Gasteiger partial charge in [0.1, 0.15) is 0 Å². The minimum Gasteiger partial charge on any atom is -0.348 e. The van der Waals surface area contributed by atoms with Crippen molar-refractivity contribution in [2.45, 2.75) is 46.6 Å². The van der Waals surface area contributed by atoms with Gasteiger partial charge < -0.3 is 9.80 Å². The quantitative estimate of drug-likeness (QED) is 0.689. The molecule has 0 aliphatic carbocycles. The molecular formula is C13H28N2O. The van der Waals surface area contributed by atoms with E-state index in [1.54, 1.807) is 4.90 Å². The maximum atomic E-state index is 10.5. The van der Waals surface area contributed by atoms with E-state index in [0.29, 0.717) is 12.0 Å². The average molecular weight is 228 g/mol. The minimum atomic E-state index is 0.666. The Kier molecular flexibility index (Phi) is 8.26. The van der Waals surface area contributed by atoms with E-state index in [1.807, 2.05) is 20.9 Å². The molecule has 16 heavy (non-hydrogen) atoms. The number of hydrogen-bond donors (Lipinski definition) is 0. The van der Waals surface area contributed by atoms with Gasteiger partial charge in [-0.3, -0.25) is 4.79 Å². The van der Waals surface area contributed by atoms with Crippen molar-refractivity contribution in [3.8, 4) is 0 Å². The summed E-state index contributed by atoms with van der Waals surface area (Å²) in [5.41, 5.74) is 0. The van der Waals surface area contributed by atoms with Gasteiger partial charge in [-0.15, -0.1) is 0 Å². The Morgan fingerprint density at radius 3 is 2.19 bits per heavy atom. The molecule has 1 saturated heterocycles. The number of carbonyl (C=O) groups excluding carboxylic acids is 1. The summed E-state index contributed by atoms with van der Waals surface area (Å²) in [4.78, 5) is 14.7. The number of hydrogen-bond acceptors (Lipinski definition) is 2. The first-order valence-corrected chi connectivity index (χ1v) is 6.53. The van der Waals surface area contributed by atoms with Crippen LogP contribution in [0.2, 0.25) is 0 Å². The Morgan fingerprint density at radius 1 is 1.31 bits per heavy atom. The molecule has 1 heterocycles. The third-order valence-corrected chi connectivity index (χ3v) is 3.11. The number of nitrogens with zero attached hydrogens (tertiary/aromatic N) is 2. The fraction of sp³-hybridized carbons (Fsp3) is 0.923. The van der Waals surface area contributed by atoms with Crippen LogP contribution in [0.25, 0.3) is 0 Å². The van der Waals surface area contributed by atoms with Crippen molar-refractivity contribution in [1.82, 2.24) is 9.80 Å². The molecule has 0 radical (unpaired) electrons. The summed E-state index contributed by atoms with van der Waals surface area (Å²) in [5.74, 6) is 0.709. The molecule has 0 saturated carbocycles. The van der Waals surface area contributed by atoms with Crippen LogP contribution in [-0.2, 0) is 4.79 Å². The van der Waals surface area contributed by atoms with E-state index in [2.05, 4.69) is 18.7 Å². The van der Waals surface area contributed by atoms with Crippen molar-refractivity contribution in [3.63, 3.8) is 0 Å². The summed E-state index contributed by atoms with van der Waals surface area (Å²) in [6.45, 7) is 11.8. The van der Waals surface area contributed by atoms with Crippen LogP contribution in [0.5, 0.6) is 0 Å². The molecule has 1 aliphatic heterocycles. The first-order valence-electron chi connectivity index (χ1n) is 6.53. The van der Waals surface area contributed by atoms with Crippen LogP contribution < -0.4 is 0 Å². The van der Waals surface area contributed by atoms with Crippen LogP contribution >= 0.6 is 0 Å². The van der Waals surface area contributed by atoms with Gasteiger partial charge in [0.05, 0.1) is 0 Å². The number of carbonyl (C=O) groups is 1. The van der Waals surface area contributed by atoms with Gasteiger partial charge in [-0.05, 0) is 45.7 Å². The lowest BCUT2D eigenvalue weighted by Crippen LogP contribution is -2.40. The molecule has 1 amide bonds. The fourth-order valence-corrected chi connectivity index (χ4v) is 2.10. The van der Waals surface area contributed by atoms with E-state index in [4.69, 9.17) is 0 Å². The molecule has 0 unspecified atom stereocenters. The van der Waals surface area contributed by atoms with E-state index >= 15 is 0 Å². The fourth-order valence-electron chi connectivity index (χ4n) is 2.10. The van der Waals surface area contributed by atoms with Gasteiger partial charge in [-0.1, -0.05) is 13.8 Å². The Bertz CT molecular complexity index is 175. The Balaban J connectivity index is 0.00000106. The highest BCUT2D eigenvalue weighted by Crippen LogP contribution is 2.19. The Hall–Kier alpha value is -0.570. The maximum absolute atomic E-state index is 10.5. The summed E-state index contributed by atoms with van der Waals surface area (Å²) in [6, 6.07) is 0.666. The number of piperidine rings is 1. The first-order chi connectivity index (χ1) is 7.63. The van der Waals surface area contributed by atoms with Crippen molar-refractivity contribution >= 4 is 6.41 Å². The van der Waals surface area contributed by atoms with Gasteiger partial charge in [0.2, 0.25) is 6.41 Å². The van der Waals surface area contributed by atoms with Crippen LogP contribution in [0.3, 0.4) is 0 Å². The summed E-state index contributed by atoms with van der Waals surface area (Å²) in [7, 11) is 1.86. The molecule has 96 valence electrons. The zero-order chi connectivity index (χ0) is 12.6. The van der Waals surface area contributed by atoms with Gasteiger partial charge >= 0.3 is 0 Å². The molecule has 0 atom stereocenters. The zero-order valence-electron chi connectivity index (χ0n) is 11.6. The standard InChI is InChI=1S/C11H22N2O.C2H6/c1-10(2)13-6-4-11(5-7-13)8-12(3)9-14;1-2/h9-11H,4-8H2,1-3H3;1-2H3. The normalized spacial score (nSPS) is 17.9. The highest BCUT2D eigenvalue weighted by atomic mass is 16.1. The van der Waals surface area contributed by atoms with Crippen LogP contribution in [-0.4, -0.2) is 48.9 Å². The predicted octanol–water partition coefficient (Wildman–Crippen LogP) is 2.22. The summed E-state index contributed by atoms with van der Waals surface area (Å²) in [6.07, 6.45) is 3.39. The largest absolute Gasteiger partial charge is 0.348 e. The average Bonchev–Trinajstić information content (AvgIpc) is 2.32. The first kappa shape index (κ1) is 15.4. The summed E-state index contributed by atoms with van der Waals surface area (Å²) >= 11 is 0. The van der Waals surface area contributed by atoms with Crippen molar-refractivity contribution in [3.05, 3.63) is 0 Å². The third-order valence-electron chi connectivity index (χ3n) is 3.11. The molecule has 0 aromatic heterocycles. The maximum Gasteiger partial charge on any atom is 0.209 e. The van der Waals surface area contributed by atoms with Crippen LogP contribution in [0.15, 0.2) is 0 Å². The molecule has 1 aliphatic rings. The SMILES string of the molecule is CC.CC(C)N1CCC(CN(C)C=O)CC1. The van der Waals surface area contributed by atoms with Crippen molar-refractivity contribution in [2.24, 2.45) is 5.92 Å². The highest BCUT2D eigenvalue weighted by molar-refractivity contribution is 5.46. The highest BCUT2D eigenvalue weighted by Gasteiger charge is 2.21. The summed E-state index contributed by atoms with van der Waals surface area (Å²) < 4.78 is 0. The Labute approximate surface area is 101 Å². The lowest BCUT2D eigenvalue weighted by molar-refractivity contribution is -0.117. The second-order valence-electron chi connectivity index (χ2n) is 4.62. The number of likely N-dealkylation sites (tertiary alicyclic amines) is 1. The van der Waals surface area contributed by atoms with Crippen molar-refractivity contribution < 1.29 is 4.79 Å². The number of rotatable bonds is 4. The molecule has 3 nitrogen and oxygen atoms in total. The van der Waals surface area contributed by atoms with Gasteiger partial charge in [0.25, 0.3) is 0 Å². The van der Waals surface area contributed by atoms with E-state index in [0.717, 1.165) is 13.0 Å². The molecular weight excluding hydrogens is 200 g/mol. The van der Waals surface area contributed by atoms with Crippen LogP contribution in [0.1, 0.15) is 40.5 Å². The van der Waals surface area contributed by atoms with E-state index in [1.165, 1.54) is 25.9 Å². The van der Waals surface area contributed by atoms with E-state index in [9.17, 15) is 4.79 Å². The predicted molar refractivity (Wildman–Crippen MR) is 69.5 cm³/mol. The molecule has 0 spiro atoms. The molecule has 1 fully saturated rings.